The summed E-state index contributed by atoms with van der Waals surface area (Å²) in [5.74, 6) is 1.65. The molecule has 0 radical (unpaired) electrons. The first-order valence-corrected chi connectivity index (χ1v) is 12.2. The molecule has 5 nitrogen and oxygen atoms in total. The Kier molecular flexibility index (Phi) is 4.85. The molecule has 2 aliphatic heterocycles. The molecule has 1 spiro atoms. The highest BCUT2D eigenvalue weighted by molar-refractivity contribution is 7.84. The molecule has 2 aromatic carbocycles. The maximum Gasteiger partial charge on any atom is 0.254 e. The molecule has 0 saturated heterocycles. The molecule has 0 bridgehead atoms. The molecule has 1 amide bonds. The van der Waals surface area contributed by atoms with Crippen LogP contribution in [-0.2, 0) is 16.2 Å². The highest BCUT2D eigenvalue weighted by Crippen LogP contribution is 2.52. The van der Waals surface area contributed by atoms with Crippen LogP contribution < -0.4 is 9.47 Å². The lowest BCUT2D eigenvalue weighted by Gasteiger charge is -2.46. The fourth-order valence-corrected chi connectivity index (χ4v) is 5.83. The van der Waals surface area contributed by atoms with Crippen LogP contribution in [0.4, 0.5) is 0 Å². The van der Waals surface area contributed by atoms with E-state index in [1.165, 1.54) is 24.0 Å². The lowest BCUT2D eigenvalue weighted by atomic mass is 9.71. The van der Waals surface area contributed by atoms with Gasteiger partial charge < -0.3 is 14.4 Å². The molecule has 5 rings (SSSR count). The Balaban J connectivity index is 1.55. The molecule has 0 aromatic heterocycles. The van der Waals surface area contributed by atoms with Gasteiger partial charge in [0.25, 0.3) is 5.91 Å². The summed E-state index contributed by atoms with van der Waals surface area (Å²) in [4.78, 5) is 16.3. The van der Waals surface area contributed by atoms with E-state index in [4.69, 9.17) is 9.47 Å². The highest BCUT2D eigenvalue weighted by atomic mass is 32.2. The van der Waals surface area contributed by atoms with Crippen LogP contribution in [0.3, 0.4) is 0 Å². The van der Waals surface area contributed by atoms with Crippen LogP contribution in [-0.4, -0.2) is 41.0 Å². The van der Waals surface area contributed by atoms with Gasteiger partial charge in [-0.2, -0.15) is 0 Å². The lowest BCUT2D eigenvalue weighted by molar-refractivity contribution is 0.0593. The van der Waals surface area contributed by atoms with Gasteiger partial charge in [-0.3, -0.25) is 9.00 Å². The number of rotatable bonds is 2. The van der Waals surface area contributed by atoms with Crippen molar-refractivity contribution in [3.8, 4) is 11.5 Å². The van der Waals surface area contributed by atoms with E-state index in [9.17, 15) is 9.00 Å². The number of hydrogen-bond donors (Lipinski definition) is 0. The zero-order valence-electron chi connectivity index (χ0n) is 17.5. The Morgan fingerprint density at radius 3 is 2.33 bits per heavy atom. The number of carbonyl (C=O) groups excluding carboxylic acids is 1. The second-order valence-electron chi connectivity index (χ2n) is 8.66. The highest BCUT2D eigenvalue weighted by Gasteiger charge is 2.46. The summed E-state index contributed by atoms with van der Waals surface area (Å²) in [7, 11) is -1.05. The summed E-state index contributed by atoms with van der Waals surface area (Å²) in [6.07, 6.45) is 6.19. The normalized spacial score (nSPS) is 22.6. The standard InChI is InChI=1S/C24H27NO4S/c1-16-19-13-21-22(29-12-11-28-21)14-20(19)24(9-3-4-10-24)15-25(16)23(26)17-5-7-18(8-6-17)30(2)27/h5-8,13-14,16H,3-4,9-12,15H2,1-2H3. The smallest absolute Gasteiger partial charge is 0.254 e. The number of benzene rings is 2. The van der Waals surface area contributed by atoms with Gasteiger partial charge in [0.15, 0.2) is 11.5 Å². The first kappa shape index (κ1) is 19.6. The third-order valence-corrected chi connectivity index (χ3v) is 7.87. The third kappa shape index (κ3) is 3.13. The minimum Gasteiger partial charge on any atom is -0.486 e. The van der Waals surface area contributed by atoms with Crippen LogP contribution in [0.15, 0.2) is 41.3 Å². The van der Waals surface area contributed by atoms with Crippen LogP contribution >= 0.6 is 0 Å². The Hall–Kier alpha value is -2.34. The average Bonchev–Trinajstić information content (AvgIpc) is 3.24. The van der Waals surface area contributed by atoms with Gasteiger partial charge >= 0.3 is 0 Å². The van der Waals surface area contributed by atoms with E-state index in [0.29, 0.717) is 18.8 Å². The summed E-state index contributed by atoms with van der Waals surface area (Å²) in [6, 6.07) is 11.4. The van der Waals surface area contributed by atoms with E-state index in [1.807, 2.05) is 4.90 Å². The van der Waals surface area contributed by atoms with Gasteiger partial charge in [-0.05, 0) is 67.3 Å². The third-order valence-electron chi connectivity index (χ3n) is 6.93. The monoisotopic (exact) mass is 425 g/mol. The van der Waals surface area contributed by atoms with Crippen molar-refractivity contribution in [1.82, 2.24) is 4.90 Å². The van der Waals surface area contributed by atoms with Crippen molar-refractivity contribution in [2.45, 2.75) is 49.0 Å². The number of nitrogens with zero attached hydrogens (tertiary/aromatic N) is 1. The largest absolute Gasteiger partial charge is 0.486 e. The Labute approximate surface area is 179 Å². The summed E-state index contributed by atoms with van der Waals surface area (Å²) in [5, 5.41) is 0. The molecular weight excluding hydrogens is 398 g/mol. The van der Waals surface area contributed by atoms with Crippen molar-refractivity contribution >= 4 is 16.7 Å². The van der Waals surface area contributed by atoms with Crippen LogP contribution in [0, 0.1) is 0 Å². The molecule has 6 heteroatoms. The van der Waals surface area contributed by atoms with E-state index >= 15 is 0 Å². The lowest BCUT2D eigenvalue weighted by Crippen LogP contribution is -2.48. The van der Waals surface area contributed by atoms with Gasteiger partial charge in [-0.1, -0.05) is 12.8 Å². The Bertz CT molecular complexity index is 1010. The molecule has 2 unspecified atom stereocenters. The van der Waals surface area contributed by atoms with Gasteiger partial charge in [-0.15, -0.1) is 0 Å². The molecule has 1 saturated carbocycles. The van der Waals surface area contributed by atoms with Gasteiger partial charge in [0.2, 0.25) is 0 Å². The summed E-state index contributed by atoms with van der Waals surface area (Å²) in [5.41, 5.74) is 3.13. The van der Waals surface area contributed by atoms with Crippen molar-refractivity contribution in [2.24, 2.45) is 0 Å². The predicted molar refractivity (Wildman–Crippen MR) is 116 cm³/mol. The van der Waals surface area contributed by atoms with Gasteiger partial charge in [0.05, 0.1) is 6.04 Å². The Morgan fingerprint density at radius 1 is 1.07 bits per heavy atom. The SMILES string of the molecule is CC1c2cc3c(cc2C2(CCCC2)CN1C(=O)c1ccc(S(C)=O)cc1)OCCO3. The number of fused-ring (bicyclic) bond motifs is 3. The molecule has 2 atom stereocenters. The maximum atomic E-state index is 13.5. The molecule has 3 aliphatic rings. The average molecular weight is 426 g/mol. The predicted octanol–water partition coefficient (Wildman–Crippen LogP) is 4.22. The summed E-state index contributed by atoms with van der Waals surface area (Å²) in [6.45, 7) is 3.96. The number of carbonyl (C=O) groups is 1. The number of hydrogen-bond acceptors (Lipinski definition) is 4. The van der Waals surface area contributed by atoms with Gasteiger partial charge in [0.1, 0.15) is 13.2 Å². The second-order valence-corrected chi connectivity index (χ2v) is 10.0. The van der Waals surface area contributed by atoms with E-state index in [-0.39, 0.29) is 17.4 Å². The fraction of sp³-hybridized carbons (Fsp3) is 0.458. The molecule has 1 aliphatic carbocycles. The van der Waals surface area contributed by atoms with E-state index in [1.54, 1.807) is 30.5 Å². The summed E-state index contributed by atoms with van der Waals surface area (Å²) < 4.78 is 23.4. The molecular formula is C24H27NO4S. The zero-order chi connectivity index (χ0) is 20.9. The van der Waals surface area contributed by atoms with Crippen LogP contribution in [0.25, 0.3) is 0 Å². The molecule has 1 fully saturated rings. The van der Waals surface area contributed by atoms with E-state index < -0.39 is 10.8 Å². The molecule has 2 heterocycles. The van der Waals surface area contributed by atoms with Crippen LogP contribution in [0.5, 0.6) is 11.5 Å². The maximum absolute atomic E-state index is 13.5. The molecule has 30 heavy (non-hydrogen) atoms. The second kappa shape index (κ2) is 7.41. The fourth-order valence-electron chi connectivity index (χ4n) is 5.31. The Morgan fingerprint density at radius 2 is 1.70 bits per heavy atom. The minimum atomic E-state index is -1.05. The van der Waals surface area contributed by atoms with Gasteiger partial charge in [0, 0.05) is 39.5 Å². The quantitative estimate of drug-likeness (QED) is 0.723. The van der Waals surface area contributed by atoms with Crippen molar-refractivity contribution in [1.29, 1.82) is 0 Å². The molecule has 158 valence electrons. The van der Waals surface area contributed by atoms with E-state index in [2.05, 4.69) is 19.1 Å². The van der Waals surface area contributed by atoms with Gasteiger partial charge in [-0.25, -0.2) is 0 Å². The first-order valence-electron chi connectivity index (χ1n) is 10.7. The number of amides is 1. The topological polar surface area (TPSA) is 55.8 Å². The number of ether oxygens (including phenoxy) is 2. The van der Waals surface area contributed by atoms with E-state index in [0.717, 1.165) is 35.8 Å². The molecule has 0 N–H and O–H groups in total. The molecule has 2 aromatic rings. The van der Waals surface area contributed by atoms with Crippen molar-refractivity contribution in [3.05, 3.63) is 53.1 Å². The minimum absolute atomic E-state index is 0.0157. The van der Waals surface area contributed by atoms with Crippen molar-refractivity contribution in [2.75, 3.05) is 26.0 Å². The summed E-state index contributed by atoms with van der Waals surface area (Å²) >= 11 is 0. The van der Waals surface area contributed by atoms with Crippen molar-refractivity contribution < 1.29 is 18.5 Å². The zero-order valence-corrected chi connectivity index (χ0v) is 18.3. The van der Waals surface area contributed by atoms with Crippen LogP contribution in [0.1, 0.15) is 60.1 Å². The first-order chi connectivity index (χ1) is 14.5. The van der Waals surface area contributed by atoms with Crippen molar-refractivity contribution in [3.63, 3.8) is 0 Å². The van der Waals surface area contributed by atoms with Crippen LogP contribution in [0.2, 0.25) is 0 Å².